The third-order valence-electron chi connectivity index (χ3n) is 2.74. The Morgan fingerprint density at radius 1 is 1.24 bits per heavy atom. The zero-order chi connectivity index (χ0) is 12.3. The molecule has 1 aliphatic carbocycles. The Morgan fingerprint density at radius 2 is 1.94 bits per heavy atom. The summed E-state index contributed by atoms with van der Waals surface area (Å²) in [5, 5.41) is 17.9. The van der Waals surface area contributed by atoms with E-state index in [-0.39, 0.29) is 6.10 Å². The molecule has 0 unspecified atom stereocenters. The van der Waals surface area contributed by atoms with Crippen LogP contribution in [0.4, 0.5) is 0 Å². The summed E-state index contributed by atoms with van der Waals surface area (Å²) in [4.78, 5) is 0. The van der Waals surface area contributed by atoms with Crippen molar-refractivity contribution in [3.63, 3.8) is 0 Å². The summed E-state index contributed by atoms with van der Waals surface area (Å²) in [6.07, 6.45) is 4.61. The van der Waals surface area contributed by atoms with Gasteiger partial charge in [-0.05, 0) is 37.8 Å². The highest BCUT2D eigenvalue weighted by atomic mass is 35.5. The molecule has 0 radical (unpaired) electrons. The van der Waals surface area contributed by atoms with Gasteiger partial charge >= 0.3 is 7.32 Å². The number of hydrogen-bond acceptors (Lipinski definition) is 4. The number of hydrogen-bond donors (Lipinski definition) is 2. The van der Waals surface area contributed by atoms with E-state index < -0.39 is 7.32 Å². The van der Waals surface area contributed by atoms with E-state index in [0.717, 1.165) is 12.8 Å². The molecule has 2 rings (SSSR count). The molecule has 0 amide bonds. The SMILES string of the molecule is OB(O)Oc1ccc(Cl)c(OC2CCCC2)c1. The molecule has 92 valence electrons. The van der Waals surface area contributed by atoms with Gasteiger partial charge in [0, 0.05) is 6.07 Å². The first-order valence-electron chi connectivity index (χ1n) is 5.64. The number of ether oxygens (including phenoxy) is 1. The van der Waals surface area contributed by atoms with Crippen LogP contribution < -0.4 is 9.39 Å². The zero-order valence-electron chi connectivity index (χ0n) is 9.30. The summed E-state index contributed by atoms with van der Waals surface area (Å²) in [5.41, 5.74) is 0. The maximum Gasteiger partial charge on any atom is 0.707 e. The van der Waals surface area contributed by atoms with Gasteiger partial charge in [0.1, 0.15) is 11.5 Å². The lowest BCUT2D eigenvalue weighted by atomic mass is 10.2. The molecule has 0 saturated heterocycles. The molecule has 0 atom stereocenters. The third kappa shape index (κ3) is 3.53. The summed E-state index contributed by atoms with van der Waals surface area (Å²) in [6.45, 7) is 0. The Bertz CT molecular complexity index is 380. The average molecular weight is 256 g/mol. The second-order valence-corrected chi connectivity index (χ2v) is 4.47. The highest BCUT2D eigenvalue weighted by molar-refractivity contribution is 6.34. The topological polar surface area (TPSA) is 58.9 Å². The van der Waals surface area contributed by atoms with E-state index in [9.17, 15) is 0 Å². The quantitative estimate of drug-likeness (QED) is 0.809. The molecule has 2 N–H and O–H groups in total. The van der Waals surface area contributed by atoms with Crippen LogP contribution >= 0.6 is 11.6 Å². The predicted octanol–water partition coefficient (Wildman–Crippen LogP) is 2.01. The fraction of sp³-hybridized carbons (Fsp3) is 0.455. The van der Waals surface area contributed by atoms with Crippen molar-refractivity contribution in [3.8, 4) is 11.5 Å². The predicted molar refractivity (Wildman–Crippen MR) is 65.2 cm³/mol. The molecule has 1 fully saturated rings. The van der Waals surface area contributed by atoms with Gasteiger partial charge in [0.2, 0.25) is 0 Å². The van der Waals surface area contributed by atoms with Crippen molar-refractivity contribution in [2.24, 2.45) is 0 Å². The van der Waals surface area contributed by atoms with Crippen LogP contribution in [0.3, 0.4) is 0 Å². The second kappa shape index (κ2) is 5.62. The number of benzene rings is 1. The van der Waals surface area contributed by atoms with Gasteiger partial charge in [0.25, 0.3) is 0 Å². The lowest BCUT2D eigenvalue weighted by molar-refractivity contribution is 0.209. The van der Waals surface area contributed by atoms with Gasteiger partial charge in [0.05, 0.1) is 11.1 Å². The molecule has 1 aliphatic rings. The second-order valence-electron chi connectivity index (χ2n) is 4.06. The molecule has 4 nitrogen and oxygen atoms in total. The molecule has 1 aromatic rings. The summed E-state index contributed by atoms with van der Waals surface area (Å²) in [6, 6.07) is 4.74. The van der Waals surface area contributed by atoms with Crippen molar-refractivity contribution in [1.82, 2.24) is 0 Å². The van der Waals surface area contributed by atoms with E-state index in [0.29, 0.717) is 16.5 Å². The van der Waals surface area contributed by atoms with Crippen LogP contribution in [-0.4, -0.2) is 23.5 Å². The van der Waals surface area contributed by atoms with Crippen molar-refractivity contribution in [2.45, 2.75) is 31.8 Å². The molecular formula is C11H14BClO4. The molecule has 0 heterocycles. The monoisotopic (exact) mass is 256 g/mol. The van der Waals surface area contributed by atoms with Crippen LogP contribution in [0.1, 0.15) is 25.7 Å². The summed E-state index contributed by atoms with van der Waals surface area (Å²) >= 11 is 6.01. The molecular weight excluding hydrogens is 242 g/mol. The first-order chi connectivity index (χ1) is 8.15. The minimum Gasteiger partial charge on any atom is -0.512 e. The van der Waals surface area contributed by atoms with E-state index in [1.54, 1.807) is 18.2 Å². The van der Waals surface area contributed by atoms with Crippen molar-refractivity contribution in [2.75, 3.05) is 0 Å². The Balaban J connectivity index is 2.08. The van der Waals surface area contributed by atoms with Crippen molar-refractivity contribution >= 4 is 18.9 Å². The molecule has 1 aromatic carbocycles. The van der Waals surface area contributed by atoms with E-state index in [2.05, 4.69) is 0 Å². The smallest absolute Gasteiger partial charge is 0.512 e. The lowest BCUT2D eigenvalue weighted by Crippen LogP contribution is -2.20. The zero-order valence-corrected chi connectivity index (χ0v) is 10.1. The maximum absolute atomic E-state index is 8.71. The van der Waals surface area contributed by atoms with Crippen molar-refractivity contribution in [1.29, 1.82) is 0 Å². The molecule has 1 saturated carbocycles. The van der Waals surface area contributed by atoms with Gasteiger partial charge < -0.3 is 19.4 Å². The summed E-state index contributed by atoms with van der Waals surface area (Å²) in [7, 11) is -1.84. The molecule has 6 heteroatoms. The minimum atomic E-state index is -1.84. The Morgan fingerprint density at radius 3 is 2.59 bits per heavy atom. The molecule has 0 aliphatic heterocycles. The molecule has 0 aromatic heterocycles. The Labute approximate surface area is 105 Å². The van der Waals surface area contributed by atoms with Gasteiger partial charge in [-0.15, -0.1) is 0 Å². The van der Waals surface area contributed by atoms with E-state index >= 15 is 0 Å². The maximum atomic E-state index is 8.71. The third-order valence-corrected chi connectivity index (χ3v) is 3.05. The van der Waals surface area contributed by atoms with Crippen LogP contribution in [0.2, 0.25) is 5.02 Å². The van der Waals surface area contributed by atoms with E-state index in [4.69, 9.17) is 31.0 Å². The number of rotatable bonds is 4. The molecule has 17 heavy (non-hydrogen) atoms. The first-order valence-corrected chi connectivity index (χ1v) is 6.02. The fourth-order valence-electron chi connectivity index (χ4n) is 1.95. The van der Waals surface area contributed by atoms with E-state index in [1.807, 2.05) is 0 Å². The van der Waals surface area contributed by atoms with Gasteiger partial charge in [-0.1, -0.05) is 11.6 Å². The molecule has 0 bridgehead atoms. The van der Waals surface area contributed by atoms with Crippen LogP contribution in [0.25, 0.3) is 0 Å². The summed E-state index contributed by atoms with van der Waals surface area (Å²) < 4.78 is 10.5. The first kappa shape index (κ1) is 12.5. The number of halogens is 1. The molecule has 0 spiro atoms. The summed E-state index contributed by atoms with van der Waals surface area (Å²) in [5.74, 6) is 0.842. The average Bonchev–Trinajstić information content (AvgIpc) is 2.75. The van der Waals surface area contributed by atoms with Gasteiger partial charge in [-0.3, -0.25) is 0 Å². The van der Waals surface area contributed by atoms with Gasteiger partial charge in [-0.2, -0.15) is 0 Å². The normalized spacial score (nSPS) is 15.9. The largest absolute Gasteiger partial charge is 0.707 e. The van der Waals surface area contributed by atoms with Crippen LogP contribution in [0.5, 0.6) is 11.5 Å². The fourth-order valence-corrected chi connectivity index (χ4v) is 2.12. The Hall–Kier alpha value is -0.905. The minimum absolute atomic E-state index is 0.196. The highest BCUT2D eigenvalue weighted by Gasteiger charge is 2.19. The van der Waals surface area contributed by atoms with Gasteiger partial charge in [0.15, 0.2) is 0 Å². The highest BCUT2D eigenvalue weighted by Crippen LogP contribution is 2.32. The van der Waals surface area contributed by atoms with Crippen molar-refractivity contribution in [3.05, 3.63) is 23.2 Å². The van der Waals surface area contributed by atoms with Crippen LogP contribution in [0.15, 0.2) is 18.2 Å². The van der Waals surface area contributed by atoms with Crippen LogP contribution in [0, 0.1) is 0 Å². The lowest BCUT2D eigenvalue weighted by Gasteiger charge is -2.15. The Kier molecular flexibility index (Phi) is 4.15. The van der Waals surface area contributed by atoms with E-state index in [1.165, 1.54) is 12.8 Å². The standard InChI is InChI=1S/C11H14BClO4/c13-10-6-5-9(17-12(14)15)7-11(10)16-8-3-1-2-4-8/h5-8,14-15H,1-4H2. The van der Waals surface area contributed by atoms with Crippen LogP contribution in [-0.2, 0) is 0 Å². The van der Waals surface area contributed by atoms with Crippen molar-refractivity contribution < 1.29 is 19.4 Å². The van der Waals surface area contributed by atoms with Gasteiger partial charge in [-0.25, -0.2) is 0 Å².